The monoisotopic (exact) mass is 559 g/mol. The van der Waals surface area contributed by atoms with Gasteiger partial charge in [0.1, 0.15) is 11.7 Å². The standard InChI is InChI=1S/C30H37N7O4/c1-19-14-20(8-9-21(19)17-33-26(38)25-34-27(41-35-25)29(2,3)4)24-22(15-31)16-32-18-23(24)36-10-12-37(13-11-36)28(39)40-30(5,6)7/h8-9,14,16,18H,10-13,17H2,1-7H3,(H,33,38). The summed E-state index contributed by atoms with van der Waals surface area (Å²) in [4.78, 5) is 37.5. The normalized spacial score (nSPS) is 14.0. The molecule has 3 heterocycles. The number of piperazine rings is 1. The Bertz CT molecular complexity index is 1470. The van der Waals surface area contributed by atoms with Gasteiger partial charge in [0.05, 0.1) is 17.4 Å². The number of rotatable bonds is 5. The number of nitrogens with one attached hydrogen (secondary N) is 1. The zero-order valence-corrected chi connectivity index (χ0v) is 24.7. The van der Waals surface area contributed by atoms with Crippen molar-refractivity contribution in [2.24, 2.45) is 0 Å². The molecule has 0 atom stereocenters. The van der Waals surface area contributed by atoms with Gasteiger partial charge in [0.25, 0.3) is 11.7 Å². The highest BCUT2D eigenvalue weighted by atomic mass is 16.6. The van der Waals surface area contributed by atoms with E-state index in [0.717, 1.165) is 27.9 Å². The van der Waals surface area contributed by atoms with Crippen LogP contribution >= 0.6 is 0 Å². The van der Waals surface area contributed by atoms with Crippen LogP contribution in [-0.2, 0) is 16.7 Å². The number of carbonyl (C=O) groups is 2. The van der Waals surface area contributed by atoms with Crippen LogP contribution in [0.5, 0.6) is 0 Å². The maximum Gasteiger partial charge on any atom is 0.410 e. The molecule has 1 aliphatic rings. The van der Waals surface area contributed by atoms with Gasteiger partial charge in [-0.05, 0) is 44.4 Å². The molecule has 3 aromatic rings. The summed E-state index contributed by atoms with van der Waals surface area (Å²) in [7, 11) is 0. The maximum atomic E-state index is 12.6. The summed E-state index contributed by atoms with van der Waals surface area (Å²) in [5.74, 6) is -0.0200. The molecule has 1 fully saturated rings. The topological polar surface area (TPSA) is 137 Å². The number of aromatic nitrogens is 3. The predicted molar refractivity (Wildman–Crippen MR) is 153 cm³/mol. The lowest BCUT2D eigenvalue weighted by atomic mass is 9.95. The average Bonchev–Trinajstić information content (AvgIpc) is 3.42. The largest absolute Gasteiger partial charge is 0.444 e. The van der Waals surface area contributed by atoms with Crippen LogP contribution in [-0.4, -0.2) is 63.8 Å². The number of pyridine rings is 1. The molecule has 0 bridgehead atoms. The number of carbonyl (C=O) groups excluding carboxylic acids is 2. The summed E-state index contributed by atoms with van der Waals surface area (Å²) < 4.78 is 10.7. The number of hydrogen-bond acceptors (Lipinski definition) is 9. The molecule has 0 unspecified atom stereocenters. The van der Waals surface area contributed by atoms with Crippen LogP contribution in [0.4, 0.5) is 10.5 Å². The van der Waals surface area contributed by atoms with E-state index in [1.54, 1.807) is 17.3 Å². The van der Waals surface area contributed by atoms with Gasteiger partial charge >= 0.3 is 6.09 Å². The van der Waals surface area contributed by atoms with Crippen molar-refractivity contribution < 1.29 is 18.8 Å². The first-order valence-corrected chi connectivity index (χ1v) is 13.6. The SMILES string of the molecule is Cc1cc(-c2c(C#N)cncc2N2CCN(C(=O)OC(C)(C)C)CC2)ccc1CNC(=O)c1noc(C(C)(C)C)n1. The summed E-state index contributed by atoms with van der Waals surface area (Å²) in [6, 6.07) is 8.16. The molecule has 216 valence electrons. The number of benzene rings is 1. The smallest absolute Gasteiger partial charge is 0.410 e. The molecule has 11 heteroatoms. The third-order valence-electron chi connectivity index (χ3n) is 6.66. The van der Waals surface area contributed by atoms with E-state index >= 15 is 0 Å². The second-order valence-electron chi connectivity index (χ2n) is 12.1. The van der Waals surface area contributed by atoms with Crippen LogP contribution in [0.15, 0.2) is 35.1 Å². The Balaban J connectivity index is 1.50. The minimum absolute atomic E-state index is 0.00365. The Morgan fingerprint density at radius 3 is 2.39 bits per heavy atom. The third-order valence-corrected chi connectivity index (χ3v) is 6.66. The van der Waals surface area contributed by atoms with Crippen molar-refractivity contribution in [1.82, 2.24) is 25.3 Å². The molecule has 0 aliphatic carbocycles. The van der Waals surface area contributed by atoms with Gasteiger partial charge in [-0.25, -0.2) is 4.79 Å². The molecule has 1 saturated heterocycles. The van der Waals surface area contributed by atoms with Crippen molar-refractivity contribution >= 4 is 17.7 Å². The van der Waals surface area contributed by atoms with E-state index in [1.807, 2.05) is 66.7 Å². The fourth-order valence-corrected chi connectivity index (χ4v) is 4.46. The third kappa shape index (κ3) is 7.01. The Hall–Kier alpha value is -4.46. The molecule has 0 radical (unpaired) electrons. The summed E-state index contributed by atoms with van der Waals surface area (Å²) in [6.45, 7) is 15.8. The number of nitrogens with zero attached hydrogens (tertiary/aromatic N) is 6. The maximum absolute atomic E-state index is 12.6. The molecule has 2 aromatic heterocycles. The molecule has 1 aromatic carbocycles. The van der Waals surface area contributed by atoms with Gasteiger partial charge in [0.2, 0.25) is 5.89 Å². The van der Waals surface area contributed by atoms with Crippen LogP contribution in [0.3, 0.4) is 0 Å². The van der Waals surface area contributed by atoms with E-state index < -0.39 is 11.5 Å². The molecular formula is C30H37N7O4. The number of aryl methyl sites for hydroxylation is 1. The van der Waals surface area contributed by atoms with E-state index in [2.05, 4.69) is 31.4 Å². The lowest BCUT2D eigenvalue weighted by Gasteiger charge is -2.37. The Kier molecular flexibility index (Phi) is 8.33. The highest BCUT2D eigenvalue weighted by Gasteiger charge is 2.28. The molecule has 1 aliphatic heterocycles. The second-order valence-corrected chi connectivity index (χ2v) is 12.1. The van der Waals surface area contributed by atoms with Gasteiger partial charge in [-0.2, -0.15) is 10.2 Å². The van der Waals surface area contributed by atoms with Crippen molar-refractivity contribution in [2.45, 2.75) is 66.0 Å². The van der Waals surface area contributed by atoms with E-state index in [4.69, 9.17) is 9.26 Å². The molecule has 0 spiro atoms. The Morgan fingerprint density at radius 1 is 1.10 bits per heavy atom. The molecular weight excluding hydrogens is 522 g/mol. The molecule has 11 nitrogen and oxygen atoms in total. The summed E-state index contributed by atoms with van der Waals surface area (Å²) in [5, 5.41) is 16.6. The van der Waals surface area contributed by atoms with Crippen LogP contribution in [0.2, 0.25) is 0 Å². The minimum Gasteiger partial charge on any atom is -0.444 e. The van der Waals surface area contributed by atoms with Gasteiger partial charge < -0.3 is 24.4 Å². The molecule has 0 saturated carbocycles. The van der Waals surface area contributed by atoms with E-state index in [0.29, 0.717) is 37.6 Å². The van der Waals surface area contributed by atoms with E-state index in [-0.39, 0.29) is 23.9 Å². The zero-order chi connectivity index (χ0) is 29.9. The van der Waals surface area contributed by atoms with E-state index in [1.165, 1.54) is 0 Å². The Labute approximate surface area is 240 Å². The fourth-order valence-electron chi connectivity index (χ4n) is 4.46. The van der Waals surface area contributed by atoms with Crippen LogP contribution in [0, 0.1) is 18.3 Å². The molecule has 2 amide bonds. The average molecular weight is 560 g/mol. The summed E-state index contributed by atoms with van der Waals surface area (Å²) in [5.41, 5.74) is 3.92. The van der Waals surface area contributed by atoms with Gasteiger partial charge in [0.15, 0.2) is 0 Å². The number of anilines is 1. The van der Waals surface area contributed by atoms with Gasteiger partial charge in [-0.1, -0.05) is 44.1 Å². The lowest BCUT2D eigenvalue weighted by Crippen LogP contribution is -2.50. The van der Waals surface area contributed by atoms with Crippen molar-refractivity contribution in [3.63, 3.8) is 0 Å². The van der Waals surface area contributed by atoms with Gasteiger partial charge in [0, 0.05) is 49.9 Å². The van der Waals surface area contributed by atoms with Crippen molar-refractivity contribution in [2.75, 3.05) is 31.1 Å². The van der Waals surface area contributed by atoms with Gasteiger partial charge in [-0.3, -0.25) is 9.78 Å². The first kappa shape index (κ1) is 29.5. The van der Waals surface area contributed by atoms with Crippen LogP contribution < -0.4 is 10.2 Å². The highest BCUT2D eigenvalue weighted by molar-refractivity contribution is 5.90. The highest BCUT2D eigenvalue weighted by Crippen LogP contribution is 2.35. The zero-order valence-electron chi connectivity index (χ0n) is 24.7. The Morgan fingerprint density at radius 2 is 1.80 bits per heavy atom. The number of amides is 2. The fraction of sp³-hybridized carbons (Fsp3) is 0.467. The molecule has 41 heavy (non-hydrogen) atoms. The minimum atomic E-state index is -0.553. The summed E-state index contributed by atoms with van der Waals surface area (Å²) >= 11 is 0. The van der Waals surface area contributed by atoms with Crippen molar-refractivity contribution in [3.05, 3.63) is 59.0 Å². The molecule has 4 rings (SSSR count). The first-order chi connectivity index (χ1) is 19.3. The quantitative estimate of drug-likeness (QED) is 0.475. The van der Waals surface area contributed by atoms with Crippen LogP contribution in [0.25, 0.3) is 11.1 Å². The lowest BCUT2D eigenvalue weighted by molar-refractivity contribution is 0.0240. The number of ether oxygens (including phenoxy) is 1. The summed E-state index contributed by atoms with van der Waals surface area (Å²) in [6.07, 6.45) is 3.00. The van der Waals surface area contributed by atoms with Gasteiger partial charge in [-0.15, -0.1) is 0 Å². The molecule has 1 N–H and O–H groups in total. The second kappa shape index (κ2) is 11.6. The predicted octanol–water partition coefficient (Wildman–Crippen LogP) is 4.60. The van der Waals surface area contributed by atoms with Crippen molar-refractivity contribution in [1.29, 1.82) is 5.26 Å². The van der Waals surface area contributed by atoms with E-state index in [9.17, 15) is 14.9 Å². The van der Waals surface area contributed by atoms with Crippen LogP contribution in [0.1, 0.15) is 74.7 Å². The number of nitriles is 1. The van der Waals surface area contributed by atoms with Crippen molar-refractivity contribution in [3.8, 4) is 17.2 Å². The number of hydrogen-bond donors (Lipinski definition) is 1. The first-order valence-electron chi connectivity index (χ1n) is 13.6.